The number of hydrogen-bond donors (Lipinski definition) is 1. The molecule has 0 bridgehead atoms. The van der Waals surface area contributed by atoms with E-state index in [1.165, 1.54) is 21.7 Å². The fraction of sp³-hybridized carbons (Fsp3) is 0. The van der Waals surface area contributed by atoms with E-state index in [0.29, 0.717) is 0 Å². The SMILES string of the molecule is Brc1ccc2c(c1)-c1cc(Br)ccc1SN2. The molecule has 0 radical (unpaired) electrons. The van der Waals surface area contributed by atoms with Gasteiger partial charge in [-0.1, -0.05) is 31.9 Å². The fourth-order valence-electron chi connectivity index (χ4n) is 1.74. The lowest BCUT2D eigenvalue weighted by Gasteiger charge is -2.20. The quantitative estimate of drug-likeness (QED) is 0.642. The summed E-state index contributed by atoms with van der Waals surface area (Å²) in [4.78, 5) is 1.26. The molecule has 2 aromatic carbocycles. The normalized spacial score (nSPS) is 12.6. The van der Waals surface area contributed by atoms with E-state index in [0.717, 1.165) is 8.95 Å². The third kappa shape index (κ3) is 1.79. The van der Waals surface area contributed by atoms with Crippen LogP contribution in [0.2, 0.25) is 0 Å². The van der Waals surface area contributed by atoms with Crippen molar-refractivity contribution in [1.29, 1.82) is 0 Å². The number of anilines is 1. The Hall–Kier alpha value is -0.450. The van der Waals surface area contributed by atoms with E-state index in [1.54, 1.807) is 11.9 Å². The zero-order valence-electron chi connectivity index (χ0n) is 8.13. The molecule has 1 heterocycles. The van der Waals surface area contributed by atoms with Gasteiger partial charge in [-0.3, -0.25) is 0 Å². The van der Waals surface area contributed by atoms with Crippen molar-refractivity contribution in [2.75, 3.05) is 4.72 Å². The summed E-state index contributed by atoms with van der Waals surface area (Å²) in [6.07, 6.45) is 0. The van der Waals surface area contributed by atoms with Gasteiger partial charge in [-0.05, 0) is 48.3 Å². The molecule has 1 N–H and O–H groups in total. The van der Waals surface area contributed by atoms with Crippen LogP contribution in [0, 0.1) is 0 Å². The van der Waals surface area contributed by atoms with Gasteiger partial charge in [0.05, 0.1) is 5.69 Å². The van der Waals surface area contributed by atoms with Gasteiger partial charge in [0.15, 0.2) is 0 Å². The van der Waals surface area contributed by atoms with E-state index in [2.05, 4.69) is 73.0 Å². The van der Waals surface area contributed by atoms with Crippen LogP contribution in [0.1, 0.15) is 0 Å². The Labute approximate surface area is 115 Å². The van der Waals surface area contributed by atoms with Crippen molar-refractivity contribution in [2.24, 2.45) is 0 Å². The second kappa shape index (κ2) is 4.09. The van der Waals surface area contributed by atoms with Gasteiger partial charge in [0, 0.05) is 25.0 Å². The summed E-state index contributed by atoms with van der Waals surface area (Å²) in [6, 6.07) is 12.6. The van der Waals surface area contributed by atoms with E-state index in [9.17, 15) is 0 Å². The highest BCUT2D eigenvalue weighted by Crippen LogP contribution is 2.43. The molecule has 0 aromatic heterocycles. The highest BCUT2D eigenvalue weighted by atomic mass is 79.9. The first-order valence-corrected chi connectivity index (χ1v) is 7.16. The first-order chi connectivity index (χ1) is 7.74. The third-order valence-corrected chi connectivity index (χ3v) is 4.37. The predicted octanol–water partition coefficient (Wildman–Crippen LogP) is 5.31. The van der Waals surface area contributed by atoms with Crippen molar-refractivity contribution >= 4 is 49.5 Å². The maximum absolute atomic E-state index is 3.52. The highest BCUT2D eigenvalue weighted by molar-refractivity contribution is 9.10. The van der Waals surface area contributed by atoms with Crippen LogP contribution in [-0.2, 0) is 0 Å². The number of benzene rings is 2. The van der Waals surface area contributed by atoms with Gasteiger partial charge in [0.1, 0.15) is 0 Å². The van der Waals surface area contributed by atoms with Gasteiger partial charge in [0.25, 0.3) is 0 Å². The van der Waals surface area contributed by atoms with Crippen LogP contribution < -0.4 is 4.72 Å². The molecular weight excluding hydrogens is 350 g/mol. The zero-order valence-corrected chi connectivity index (χ0v) is 12.1. The molecule has 3 rings (SSSR count). The molecule has 0 amide bonds. The van der Waals surface area contributed by atoms with Crippen LogP contribution in [0.3, 0.4) is 0 Å². The van der Waals surface area contributed by atoms with Gasteiger partial charge >= 0.3 is 0 Å². The summed E-state index contributed by atoms with van der Waals surface area (Å²) in [5.74, 6) is 0. The van der Waals surface area contributed by atoms with Gasteiger partial charge in [0.2, 0.25) is 0 Å². The van der Waals surface area contributed by atoms with Gasteiger partial charge < -0.3 is 4.72 Å². The average Bonchev–Trinajstić information content (AvgIpc) is 2.29. The Kier molecular flexibility index (Phi) is 2.73. The van der Waals surface area contributed by atoms with Crippen LogP contribution in [-0.4, -0.2) is 0 Å². The largest absolute Gasteiger partial charge is 0.325 e. The van der Waals surface area contributed by atoms with E-state index >= 15 is 0 Å². The van der Waals surface area contributed by atoms with E-state index in [4.69, 9.17) is 0 Å². The molecule has 0 unspecified atom stereocenters. The Balaban J connectivity index is 2.28. The smallest absolute Gasteiger partial charge is 0.0523 e. The minimum Gasteiger partial charge on any atom is -0.325 e. The van der Waals surface area contributed by atoms with Gasteiger partial charge in [-0.25, -0.2) is 0 Å². The summed E-state index contributed by atoms with van der Waals surface area (Å²) >= 11 is 8.69. The van der Waals surface area contributed by atoms with Crippen molar-refractivity contribution in [1.82, 2.24) is 0 Å². The lowest BCUT2D eigenvalue weighted by molar-refractivity contribution is 1.40. The maximum Gasteiger partial charge on any atom is 0.0523 e. The summed E-state index contributed by atoms with van der Waals surface area (Å²) in [6.45, 7) is 0. The Bertz CT molecular complexity index is 517. The Morgan fingerprint density at radius 1 is 0.875 bits per heavy atom. The summed E-state index contributed by atoms with van der Waals surface area (Å²) < 4.78 is 5.56. The molecule has 80 valence electrons. The summed E-state index contributed by atoms with van der Waals surface area (Å²) in [5.41, 5.74) is 3.68. The fourth-order valence-corrected chi connectivity index (χ4v) is 3.27. The highest BCUT2D eigenvalue weighted by Gasteiger charge is 2.16. The van der Waals surface area contributed by atoms with E-state index in [-0.39, 0.29) is 0 Å². The third-order valence-electron chi connectivity index (χ3n) is 2.48. The number of halogens is 2. The minimum absolute atomic E-state index is 1.10. The number of hydrogen-bond acceptors (Lipinski definition) is 2. The Morgan fingerprint density at radius 3 is 2.38 bits per heavy atom. The molecule has 1 nitrogen and oxygen atoms in total. The van der Waals surface area contributed by atoms with Crippen LogP contribution in [0.4, 0.5) is 5.69 Å². The topological polar surface area (TPSA) is 12.0 Å². The van der Waals surface area contributed by atoms with Crippen molar-refractivity contribution < 1.29 is 0 Å². The molecule has 1 aliphatic rings. The van der Waals surface area contributed by atoms with Gasteiger partial charge in [-0.15, -0.1) is 0 Å². The molecule has 16 heavy (non-hydrogen) atoms. The molecule has 0 atom stereocenters. The zero-order chi connectivity index (χ0) is 11.1. The Morgan fingerprint density at radius 2 is 1.56 bits per heavy atom. The van der Waals surface area contributed by atoms with Crippen molar-refractivity contribution in [3.05, 3.63) is 45.3 Å². The predicted molar refractivity (Wildman–Crippen MR) is 76.8 cm³/mol. The van der Waals surface area contributed by atoms with Crippen molar-refractivity contribution in [3.63, 3.8) is 0 Å². The molecule has 0 saturated heterocycles. The molecule has 0 fully saturated rings. The average molecular weight is 357 g/mol. The lowest BCUT2D eigenvalue weighted by atomic mass is 10.0. The van der Waals surface area contributed by atoms with Crippen LogP contribution in [0.5, 0.6) is 0 Å². The van der Waals surface area contributed by atoms with Crippen LogP contribution in [0.25, 0.3) is 11.1 Å². The van der Waals surface area contributed by atoms with Crippen molar-refractivity contribution in [3.8, 4) is 11.1 Å². The monoisotopic (exact) mass is 355 g/mol. The minimum atomic E-state index is 1.10. The standard InChI is InChI=1S/C12H7Br2NS/c13-7-1-3-11-9(5-7)10-6-8(14)2-4-12(10)16-15-11/h1-6,15H. The molecular formula is C12H7Br2NS. The first-order valence-electron chi connectivity index (χ1n) is 4.76. The first kappa shape index (κ1) is 10.7. The molecule has 2 aromatic rings. The molecule has 1 aliphatic heterocycles. The van der Waals surface area contributed by atoms with E-state index < -0.39 is 0 Å². The molecule has 0 aliphatic carbocycles. The number of rotatable bonds is 0. The van der Waals surface area contributed by atoms with Crippen LogP contribution >= 0.6 is 43.8 Å². The second-order valence-electron chi connectivity index (χ2n) is 3.53. The molecule has 0 saturated carbocycles. The summed E-state index contributed by atoms with van der Waals surface area (Å²) in [7, 11) is 0. The van der Waals surface area contributed by atoms with E-state index in [1.807, 2.05) is 0 Å². The molecule has 4 heteroatoms. The van der Waals surface area contributed by atoms with Crippen LogP contribution in [0.15, 0.2) is 50.2 Å². The van der Waals surface area contributed by atoms with Gasteiger partial charge in [-0.2, -0.15) is 0 Å². The number of fused-ring (bicyclic) bond motifs is 3. The second-order valence-corrected chi connectivity index (χ2v) is 6.21. The number of nitrogens with one attached hydrogen (secondary N) is 1. The lowest BCUT2D eigenvalue weighted by Crippen LogP contribution is -1.98. The maximum atomic E-state index is 3.52. The molecule has 0 spiro atoms. The van der Waals surface area contributed by atoms with Crippen molar-refractivity contribution in [2.45, 2.75) is 4.90 Å². The summed E-state index contributed by atoms with van der Waals surface area (Å²) in [5, 5.41) is 0.